The van der Waals surface area contributed by atoms with Gasteiger partial charge in [-0.15, -0.1) is 0 Å². The molecule has 0 aliphatic heterocycles. The van der Waals surface area contributed by atoms with Crippen molar-refractivity contribution in [2.75, 3.05) is 0 Å². The van der Waals surface area contributed by atoms with Gasteiger partial charge < -0.3 is 5.41 Å². The Kier molecular flexibility index (Phi) is 1.13. The molecule has 1 aliphatic carbocycles. The Hall–Kier alpha value is -0.330. The molecule has 1 nitrogen and oxygen atoms in total. The molecule has 1 aliphatic rings. The molecule has 1 saturated carbocycles. The Bertz CT molecular complexity index is 78.2. The lowest BCUT2D eigenvalue weighted by Crippen LogP contribution is -2.21. The average Bonchev–Trinajstić information content (AvgIpc) is 1.58. The minimum Gasteiger partial charge on any atom is -0.310 e. The van der Waals surface area contributed by atoms with Gasteiger partial charge in [0.15, 0.2) is 0 Å². The summed E-state index contributed by atoms with van der Waals surface area (Å²) in [4.78, 5) is 0. The molecule has 0 bridgehead atoms. The summed E-state index contributed by atoms with van der Waals surface area (Å²) >= 11 is 0. The topological polar surface area (TPSA) is 23.9 Å². The maximum Gasteiger partial charge on any atom is 0.00949 e. The third kappa shape index (κ3) is 0.817. The van der Waals surface area contributed by atoms with Gasteiger partial charge in [-0.05, 0) is 18.8 Å². The Morgan fingerprint density at radius 3 is 2.43 bits per heavy atom. The Balaban J connectivity index is 2.17. The van der Waals surface area contributed by atoms with E-state index in [-0.39, 0.29) is 0 Å². The van der Waals surface area contributed by atoms with Gasteiger partial charge in [0, 0.05) is 5.71 Å². The second kappa shape index (κ2) is 1.65. The van der Waals surface area contributed by atoms with E-state index < -0.39 is 0 Å². The van der Waals surface area contributed by atoms with E-state index in [1.165, 1.54) is 6.42 Å². The predicted octanol–water partition coefficient (Wildman–Crippen LogP) is 1.83. The molecule has 1 rings (SSSR count). The zero-order valence-electron chi connectivity index (χ0n) is 4.70. The van der Waals surface area contributed by atoms with Crippen LogP contribution in [-0.2, 0) is 0 Å². The molecule has 0 aromatic heterocycles. The zero-order valence-corrected chi connectivity index (χ0v) is 4.70. The van der Waals surface area contributed by atoms with Crippen LogP contribution in [0, 0.1) is 11.3 Å². The molecule has 0 aromatic rings. The van der Waals surface area contributed by atoms with Crippen molar-refractivity contribution in [2.24, 2.45) is 5.92 Å². The van der Waals surface area contributed by atoms with Gasteiger partial charge in [0.1, 0.15) is 0 Å². The van der Waals surface area contributed by atoms with Crippen LogP contribution < -0.4 is 0 Å². The molecule has 0 heterocycles. The van der Waals surface area contributed by atoms with Crippen LogP contribution in [0.2, 0.25) is 0 Å². The first-order chi connectivity index (χ1) is 3.33. The monoisotopic (exact) mass is 97.1 g/mol. The van der Waals surface area contributed by atoms with Crippen molar-refractivity contribution in [3.63, 3.8) is 0 Å². The van der Waals surface area contributed by atoms with E-state index in [4.69, 9.17) is 5.41 Å². The summed E-state index contributed by atoms with van der Waals surface area (Å²) in [6.45, 7) is 2.19. The van der Waals surface area contributed by atoms with E-state index in [1.807, 2.05) is 0 Å². The van der Waals surface area contributed by atoms with E-state index in [1.54, 1.807) is 0 Å². The van der Waals surface area contributed by atoms with Gasteiger partial charge in [-0.25, -0.2) is 0 Å². The van der Waals surface area contributed by atoms with E-state index >= 15 is 0 Å². The summed E-state index contributed by atoms with van der Waals surface area (Å²) in [7, 11) is 0. The predicted molar refractivity (Wildman–Crippen MR) is 30.7 cm³/mol. The van der Waals surface area contributed by atoms with Crippen molar-refractivity contribution < 1.29 is 0 Å². The van der Waals surface area contributed by atoms with Gasteiger partial charge in [0.05, 0.1) is 0 Å². The lowest BCUT2D eigenvalue weighted by atomic mass is 9.82. The van der Waals surface area contributed by atoms with Crippen molar-refractivity contribution in [2.45, 2.75) is 26.2 Å². The fourth-order valence-electron chi connectivity index (χ4n) is 0.926. The highest BCUT2D eigenvalue weighted by Crippen LogP contribution is 2.25. The van der Waals surface area contributed by atoms with Crippen molar-refractivity contribution in [1.29, 1.82) is 5.41 Å². The lowest BCUT2D eigenvalue weighted by molar-refractivity contribution is 0.481. The number of hydrogen-bond acceptors (Lipinski definition) is 1. The van der Waals surface area contributed by atoms with Gasteiger partial charge in [-0.1, -0.05) is 13.3 Å². The van der Waals surface area contributed by atoms with Crippen molar-refractivity contribution in [3.05, 3.63) is 0 Å². The molecular weight excluding hydrogens is 86.1 g/mol. The van der Waals surface area contributed by atoms with Crippen LogP contribution in [0.5, 0.6) is 0 Å². The third-order valence-corrected chi connectivity index (χ3v) is 1.65. The van der Waals surface area contributed by atoms with Crippen molar-refractivity contribution in [1.82, 2.24) is 0 Å². The van der Waals surface area contributed by atoms with E-state index in [0.717, 1.165) is 24.5 Å². The SMILES string of the molecule is CCC1CC(=N)C1. The molecule has 0 spiro atoms. The smallest absolute Gasteiger partial charge is 0.00949 e. The maximum absolute atomic E-state index is 7.06. The molecule has 0 amide bonds. The molecule has 0 saturated heterocycles. The molecule has 0 radical (unpaired) electrons. The third-order valence-electron chi connectivity index (χ3n) is 1.65. The minimum absolute atomic E-state index is 0.868. The molecule has 1 fully saturated rings. The van der Waals surface area contributed by atoms with Crippen LogP contribution in [0.3, 0.4) is 0 Å². The lowest BCUT2D eigenvalue weighted by Gasteiger charge is -2.24. The largest absolute Gasteiger partial charge is 0.310 e. The minimum atomic E-state index is 0.868. The van der Waals surface area contributed by atoms with Crippen LogP contribution in [0.4, 0.5) is 0 Å². The zero-order chi connectivity index (χ0) is 5.28. The Labute approximate surface area is 44.2 Å². The number of rotatable bonds is 1. The summed E-state index contributed by atoms with van der Waals surface area (Å²) < 4.78 is 0. The van der Waals surface area contributed by atoms with Gasteiger partial charge in [0.25, 0.3) is 0 Å². The highest BCUT2D eigenvalue weighted by Gasteiger charge is 2.20. The number of nitrogens with one attached hydrogen (secondary N) is 1. The molecule has 40 valence electrons. The Morgan fingerprint density at radius 2 is 2.29 bits per heavy atom. The number of hydrogen-bond donors (Lipinski definition) is 1. The van der Waals surface area contributed by atoms with Crippen LogP contribution in [-0.4, -0.2) is 5.71 Å². The maximum atomic E-state index is 7.06. The summed E-state index contributed by atoms with van der Waals surface area (Å²) in [6, 6.07) is 0. The molecule has 1 heteroatoms. The van der Waals surface area contributed by atoms with E-state index in [9.17, 15) is 0 Å². The van der Waals surface area contributed by atoms with Crippen LogP contribution >= 0.6 is 0 Å². The van der Waals surface area contributed by atoms with Gasteiger partial charge >= 0.3 is 0 Å². The second-order valence-corrected chi connectivity index (χ2v) is 2.29. The van der Waals surface area contributed by atoms with Gasteiger partial charge in [-0.3, -0.25) is 0 Å². The first-order valence-corrected chi connectivity index (χ1v) is 2.89. The quantitative estimate of drug-likeness (QED) is 0.516. The molecule has 1 N–H and O–H groups in total. The highest BCUT2D eigenvalue weighted by atomic mass is 14.5. The second-order valence-electron chi connectivity index (χ2n) is 2.29. The van der Waals surface area contributed by atoms with Gasteiger partial charge in [-0.2, -0.15) is 0 Å². The summed E-state index contributed by atoms with van der Waals surface area (Å²) in [6.07, 6.45) is 3.43. The van der Waals surface area contributed by atoms with Crippen LogP contribution in [0.15, 0.2) is 0 Å². The standard InChI is InChI=1S/C6H11N/c1-2-5-3-6(7)4-5/h5,7H,2-4H2,1H3. The molecular formula is C6H11N. The Morgan fingerprint density at radius 1 is 1.71 bits per heavy atom. The van der Waals surface area contributed by atoms with Gasteiger partial charge in [0.2, 0.25) is 0 Å². The molecule has 7 heavy (non-hydrogen) atoms. The fraction of sp³-hybridized carbons (Fsp3) is 0.833. The van der Waals surface area contributed by atoms with Crippen LogP contribution in [0.1, 0.15) is 26.2 Å². The van der Waals surface area contributed by atoms with E-state index in [2.05, 4.69) is 6.92 Å². The van der Waals surface area contributed by atoms with E-state index in [0.29, 0.717) is 0 Å². The van der Waals surface area contributed by atoms with Crippen molar-refractivity contribution >= 4 is 5.71 Å². The van der Waals surface area contributed by atoms with Crippen molar-refractivity contribution in [3.8, 4) is 0 Å². The molecule has 0 unspecified atom stereocenters. The summed E-state index contributed by atoms with van der Waals surface area (Å²) in [5, 5.41) is 7.06. The van der Waals surface area contributed by atoms with Crippen LogP contribution in [0.25, 0.3) is 0 Å². The average molecular weight is 97.2 g/mol. The fourth-order valence-corrected chi connectivity index (χ4v) is 0.926. The summed E-state index contributed by atoms with van der Waals surface area (Å²) in [5.41, 5.74) is 0.951. The summed E-state index contributed by atoms with van der Waals surface area (Å²) in [5.74, 6) is 0.868. The highest BCUT2D eigenvalue weighted by molar-refractivity contribution is 5.87. The normalized spacial score (nSPS) is 29.9. The first-order valence-electron chi connectivity index (χ1n) is 2.89. The molecule has 0 aromatic carbocycles. The molecule has 0 atom stereocenters. The first kappa shape index (κ1) is 4.82.